The van der Waals surface area contributed by atoms with Crippen molar-refractivity contribution >= 4 is 17.2 Å². The van der Waals surface area contributed by atoms with E-state index >= 15 is 0 Å². The van der Waals surface area contributed by atoms with Crippen molar-refractivity contribution in [3.63, 3.8) is 0 Å². The molecule has 0 radical (unpaired) electrons. The number of hydrogen-bond acceptors (Lipinski definition) is 3. The highest BCUT2D eigenvalue weighted by atomic mass is 32.1. The summed E-state index contributed by atoms with van der Waals surface area (Å²) in [6, 6.07) is 9.42. The molecule has 1 atom stereocenters. The number of aliphatic hydroxyl groups is 1. The van der Waals surface area contributed by atoms with Crippen molar-refractivity contribution in [1.29, 1.82) is 0 Å². The average Bonchev–Trinajstić information content (AvgIpc) is 3.00. The Morgan fingerprint density at radius 2 is 2.00 bits per heavy atom. The molecule has 0 bridgehead atoms. The second-order valence-electron chi connectivity index (χ2n) is 5.38. The Hall–Kier alpha value is -1.72. The van der Waals surface area contributed by atoms with Gasteiger partial charge in [0.25, 0.3) is 0 Å². The molecular formula is C16H18FNO2S. The molecule has 2 aromatic rings. The van der Waals surface area contributed by atoms with Gasteiger partial charge in [-0.15, -0.1) is 11.3 Å². The number of halogens is 1. The maximum atomic E-state index is 12.8. The zero-order valence-corrected chi connectivity index (χ0v) is 12.8. The van der Waals surface area contributed by atoms with E-state index in [0.29, 0.717) is 5.56 Å². The number of nitrogens with one attached hydrogen (secondary N) is 1. The fraction of sp³-hybridized carbons (Fsp3) is 0.312. The average molecular weight is 307 g/mol. The van der Waals surface area contributed by atoms with Crippen molar-refractivity contribution in [3.8, 4) is 0 Å². The molecular weight excluding hydrogens is 289 g/mol. The molecule has 1 aromatic heterocycles. The minimum absolute atomic E-state index is 0.0965. The van der Waals surface area contributed by atoms with Crippen LogP contribution in [0.3, 0.4) is 0 Å². The predicted octanol–water partition coefficient (Wildman–Crippen LogP) is 3.01. The summed E-state index contributed by atoms with van der Waals surface area (Å²) < 4.78 is 12.8. The molecule has 1 heterocycles. The van der Waals surface area contributed by atoms with E-state index in [1.807, 2.05) is 31.4 Å². The molecule has 1 aromatic carbocycles. The number of carbonyl (C=O) groups excluding carboxylic acids is 1. The van der Waals surface area contributed by atoms with Crippen LogP contribution in [0, 0.1) is 5.82 Å². The summed E-state index contributed by atoms with van der Waals surface area (Å²) in [7, 11) is 0. The van der Waals surface area contributed by atoms with E-state index in [1.54, 1.807) is 0 Å². The van der Waals surface area contributed by atoms with E-state index in [1.165, 1.54) is 35.6 Å². The lowest BCUT2D eigenvalue weighted by Crippen LogP contribution is -2.41. The van der Waals surface area contributed by atoms with Crippen molar-refractivity contribution in [2.75, 3.05) is 6.54 Å². The zero-order chi connectivity index (χ0) is 15.5. The van der Waals surface area contributed by atoms with Gasteiger partial charge in [0.15, 0.2) is 0 Å². The normalized spacial score (nSPS) is 13.0. The topological polar surface area (TPSA) is 49.3 Å². The van der Waals surface area contributed by atoms with Gasteiger partial charge in [-0.05, 0) is 43.0 Å². The van der Waals surface area contributed by atoms with Gasteiger partial charge in [0.05, 0.1) is 11.5 Å². The highest BCUT2D eigenvalue weighted by Crippen LogP contribution is 2.27. The molecule has 0 saturated carbocycles. The number of carbonyl (C=O) groups is 1. The Labute approximate surface area is 127 Å². The van der Waals surface area contributed by atoms with Gasteiger partial charge in [-0.1, -0.05) is 18.2 Å². The molecule has 2 N–H and O–H groups in total. The quantitative estimate of drug-likeness (QED) is 0.892. The number of thiophene rings is 1. The fourth-order valence-corrected chi connectivity index (χ4v) is 2.81. The zero-order valence-electron chi connectivity index (χ0n) is 12.0. The first kappa shape index (κ1) is 15.7. The summed E-state index contributed by atoms with van der Waals surface area (Å²) in [6.45, 7) is 3.79. The van der Waals surface area contributed by atoms with Crippen molar-refractivity contribution in [2.45, 2.75) is 25.4 Å². The highest BCUT2D eigenvalue weighted by Gasteiger charge is 2.30. The maximum absolute atomic E-state index is 12.8. The molecule has 2 rings (SSSR count). The number of benzene rings is 1. The molecule has 1 unspecified atom stereocenters. The van der Waals surface area contributed by atoms with Crippen LogP contribution >= 0.6 is 11.3 Å². The van der Waals surface area contributed by atoms with Crippen LogP contribution < -0.4 is 5.32 Å². The van der Waals surface area contributed by atoms with Crippen LogP contribution in [0.2, 0.25) is 0 Å². The minimum atomic E-state index is -0.853. The molecule has 1 amide bonds. The van der Waals surface area contributed by atoms with E-state index in [2.05, 4.69) is 5.32 Å². The van der Waals surface area contributed by atoms with Gasteiger partial charge in [0.2, 0.25) is 5.91 Å². The molecule has 0 aliphatic rings. The molecule has 0 aliphatic carbocycles. The van der Waals surface area contributed by atoms with Crippen LogP contribution in [-0.2, 0) is 10.2 Å². The maximum Gasteiger partial charge on any atom is 0.231 e. The lowest BCUT2D eigenvalue weighted by Gasteiger charge is -2.23. The molecule has 112 valence electrons. The molecule has 0 spiro atoms. The van der Waals surface area contributed by atoms with Crippen molar-refractivity contribution in [3.05, 3.63) is 58.0 Å². The number of aliphatic hydroxyl groups excluding tert-OH is 1. The monoisotopic (exact) mass is 307 g/mol. The molecule has 0 aliphatic heterocycles. The van der Waals surface area contributed by atoms with Gasteiger partial charge < -0.3 is 10.4 Å². The molecule has 0 fully saturated rings. The second-order valence-corrected chi connectivity index (χ2v) is 6.33. The number of hydrogen-bond donors (Lipinski definition) is 2. The predicted molar refractivity (Wildman–Crippen MR) is 81.7 cm³/mol. The van der Waals surface area contributed by atoms with Gasteiger partial charge >= 0.3 is 0 Å². The number of amides is 1. The lowest BCUT2D eigenvalue weighted by molar-refractivity contribution is -0.126. The molecule has 3 nitrogen and oxygen atoms in total. The summed E-state index contributed by atoms with van der Waals surface area (Å²) in [6.07, 6.45) is -0.853. The van der Waals surface area contributed by atoms with Crippen LogP contribution in [-0.4, -0.2) is 17.6 Å². The Morgan fingerprint density at radius 1 is 1.33 bits per heavy atom. The summed E-state index contributed by atoms with van der Waals surface area (Å²) in [5.41, 5.74) is -0.0675. The fourth-order valence-electron chi connectivity index (χ4n) is 1.96. The summed E-state index contributed by atoms with van der Waals surface area (Å²) in [5, 5.41) is 14.7. The smallest absolute Gasteiger partial charge is 0.231 e. The third kappa shape index (κ3) is 3.68. The SMILES string of the molecule is CC(C)(C(=O)NCC(O)c1ccc(F)cc1)c1cccs1. The minimum Gasteiger partial charge on any atom is -0.387 e. The summed E-state index contributed by atoms with van der Waals surface area (Å²) in [4.78, 5) is 13.2. The van der Waals surface area contributed by atoms with Crippen LogP contribution in [0.15, 0.2) is 41.8 Å². The Kier molecular flexibility index (Phi) is 4.75. The number of rotatable bonds is 5. The standard InChI is InChI=1S/C16H18FNO2S/c1-16(2,14-4-3-9-21-14)15(20)18-10-13(19)11-5-7-12(17)8-6-11/h3-9,13,19H,10H2,1-2H3,(H,18,20). The van der Waals surface area contributed by atoms with Gasteiger partial charge in [0.1, 0.15) is 5.82 Å². The van der Waals surface area contributed by atoms with Gasteiger partial charge in [-0.2, -0.15) is 0 Å². The first-order valence-electron chi connectivity index (χ1n) is 6.67. The summed E-state index contributed by atoms with van der Waals surface area (Å²) >= 11 is 1.53. The van der Waals surface area contributed by atoms with Gasteiger partial charge in [0, 0.05) is 11.4 Å². The Bertz CT molecular complexity index is 593. The largest absolute Gasteiger partial charge is 0.387 e. The third-order valence-electron chi connectivity index (χ3n) is 3.42. The Morgan fingerprint density at radius 3 is 2.57 bits per heavy atom. The second kappa shape index (κ2) is 6.37. The van der Waals surface area contributed by atoms with Crippen molar-refractivity contribution in [2.24, 2.45) is 0 Å². The molecule has 0 saturated heterocycles. The van der Waals surface area contributed by atoms with E-state index in [4.69, 9.17) is 0 Å². The van der Waals surface area contributed by atoms with E-state index in [9.17, 15) is 14.3 Å². The van der Waals surface area contributed by atoms with Crippen LogP contribution in [0.25, 0.3) is 0 Å². The van der Waals surface area contributed by atoms with Crippen molar-refractivity contribution in [1.82, 2.24) is 5.32 Å². The van der Waals surface area contributed by atoms with Crippen LogP contribution in [0.1, 0.15) is 30.4 Å². The summed E-state index contributed by atoms with van der Waals surface area (Å²) in [5.74, 6) is -0.500. The first-order valence-corrected chi connectivity index (χ1v) is 7.55. The highest BCUT2D eigenvalue weighted by molar-refractivity contribution is 7.10. The van der Waals surface area contributed by atoms with Crippen LogP contribution in [0.5, 0.6) is 0 Å². The van der Waals surface area contributed by atoms with Gasteiger partial charge in [-0.25, -0.2) is 4.39 Å². The third-order valence-corrected chi connectivity index (χ3v) is 4.61. The van der Waals surface area contributed by atoms with E-state index < -0.39 is 11.5 Å². The molecule has 5 heteroatoms. The molecule has 21 heavy (non-hydrogen) atoms. The van der Waals surface area contributed by atoms with Crippen LogP contribution in [0.4, 0.5) is 4.39 Å². The van der Waals surface area contributed by atoms with E-state index in [0.717, 1.165) is 4.88 Å². The van der Waals surface area contributed by atoms with Gasteiger partial charge in [-0.3, -0.25) is 4.79 Å². The van der Waals surface area contributed by atoms with E-state index in [-0.39, 0.29) is 18.3 Å². The first-order chi connectivity index (χ1) is 9.91. The Balaban J connectivity index is 1.96. The lowest BCUT2D eigenvalue weighted by atomic mass is 9.90. The van der Waals surface area contributed by atoms with Crippen molar-refractivity contribution < 1.29 is 14.3 Å².